The van der Waals surface area contributed by atoms with Crippen LogP contribution < -0.4 is 5.73 Å². The third-order valence-electron chi connectivity index (χ3n) is 0.973. The standard InChI is InChI=1S/C6H7NO2/c1-4-2-5(6(7)8)9-3-4/h2-3H,1H3,(H2,7,8). The third-order valence-corrected chi connectivity index (χ3v) is 0.973. The number of hydrogen-bond acceptors (Lipinski definition) is 2. The van der Waals surface area contributed by atoms with Crippen LogP contribution in [0.5, 0.6) is 0 Å². The summed E-state index contributed by atoms with van der Waals surface area (Å²) in [5.74, 6) is -0.310. The van der Waals surface area contributed by atoms with Gasteiger partial charge in [-0.1, -0.05) is 0 Å². The Morgan fingerprint density at radius 3 is 2.67 bits per heavy atom. The van der Waals surface area contributed by atoms with Gasteiger partial charge in [0.2, 0.25) is 0 Å². The molecule has 0 fully saturated rings. The van der Waals surface area contributed by atoms with Crippen LogP contribution in [0.3, 0.4) is 0 Å². The third kappa shape index (κ3) is 1.10. The fraction of sp³-hybridized carbons (Fsp3) is 0.167. The number of carbonyl (C=O) groups is 1. The predicted molar refractivity (Wildman–Crippen MR) is 32.0 cm³/mol. The summed E-state index contributed by atoms with van der Waals surface area (Å²) in [5.41, 5.74) is 5.80. The van der Waals surface area contributed by atoms with Gasteiger partial charge in [-0.25, -0.2) is 0 Å². The molecule has 0 aliphatic rings. The molecule has 0 aromatic carbocycles. The quantitative estimate of drug-likeness (QED) is 0.600. The van der Waals surface area contributed by atoms with E-state index in [4.69, 9.17) is 10.2 Å². The van der Waals surface area contributed by atoms with Gasteiger partial charge in [0.05, 0.1) is 6.26 Å². The molecule has 1 aromatic rings. The van der Waals surface area contributed by atoms with Crippen LogP contribution in [-0.2, 0) is 0 Å². The molecule has 0 bridgehead atoms. The maximum absolute atomic E-state index is 10.3. The maximum Gasteiger partial charge on any atom is 0.284 e. The average Bonchev–Trinajstić information content (AvgIpc) is 2.14. The summed E-state index contributed by atoms with van der Waals surface area (Å²) >= 11 is 0. The summed E-state index contributed by atoms with van der Waals surface area (Å²) in [6.45, 7) is 1.83. The Kier molecular flexibility index (Phi) is 1.26. The lowest BCUT2D eigenvalue weighted by Crippen LogP contribution is -2.09. The van der Waals surface area contributed by atoms with Gasteiger partial charge in [0, 0.05) is 0 Å². The SMILES string of the molecule is Cc1coc(C(N)=O)c1. The van der Waals surface area contributed by atoms with Gasteiger partial charge < -0.3 is 10.2 Å². The molecule has 0 saturated carbocycles. The lowest BCUT2D eigenvalue weighted by Gasteiger charge is -1.80. The summed E-state index contributed by atoms with van der Waals surface area (Å²) in [5, 5.41) is 0. The van der Waals surface area contributed by atoms with Gasteiger partial charge in [0.25, 0.3) is 5.91 Å². The van der Waals surface area contributed by atoms with Gasteiger partial charge in [0.15, 0.2) is 5.76 Å². The Morgan fingerprint density at radius 1 is 1.78 bits per heavy atom. The van der Waals surface area contributed by atoms with E-state index in [0.29, 0.717) is 0 Å². The first-order valence-electron chi connectivity index (χ1n) is 2.55. The van der Waals surface area contributed by atoms with E-state index in [9.17, 15) is 4.79 Å². The van der Waals surface area contributed by atoms with Crippen molar-refractivity contribution in [2.24, 2.45) is 5.73 Å². The zero-order valence-electron chi connectivity index (χ0n) is 5.05. The van der Waals surface area contributed by atoms with Crippen molar-refractivity contribution >= 4 is 5.91 Å². The van der Waals surface area contributed by atoms with E-state index in [1.807, 2.05) is 6.92 Å². The molecule has 1 aromatic heterocycles. The van der Waals surface area contributed by atoms with Gasteiger partial charge in [-0.15, -0.1) is 0 Å². The number of amides is 1. The van der Waals surface area contributed by atoms with Crippen molar-refractivity contribution in [3.63, 3.8) is 0 Å². The van der Waals surface area contributed by atoms with Crippen LogP contribution in [0.25, 0.3) is 0 Å². The van der Waals surface area contributed by atoms with Crippen LogP contribution in [0.4, 0.5) is 0 Å². The van der Waals surface area contributed by atoms with Crippen molar-refractivity contribution < 1.29 is 9.21 Å². The Labute approximate surface area is 52.5 Å². The second-order valence-corrected chi connectivity index (χ2v) is 1.85. The Hall–Kier alpha value is -1.25. The fourth-order valence-corrected chi connectivity index (χ4v) is 0.560. The summed E-state index contributed by atoms with van der Waals surface area (Å²) in [6, 6.07) is 1.60. The normalized spacial score (nSPS) is 9.44. The molecule has 3 heteroatoms. The van der Waals surface area contributed by atoms with E-state index in [1.165, 1.54) is 6.26 Å². The molecule has 0 radical (unpaired) electrons. The summed E-state index contributed by atoms with van der Waals surface area (Å²) in [6.07, 6.45) is 1.49. The lowest BCUT2D eigenvalue weighted by atomic mass is 10.3. The molecule has 0 aliphatic heterocycles. The number of hydrogen-bond donors (Lipinski definition) is 1. The van der Waals surface area contributed by atoms with E-state index >= 15 is 0 Å². The second-order valence-electron chi connectivity index (χ2n) is 1.85. The van der Waals surface area contributed by atoms with Crippen LogP contribution in [-0.4, -0.2) is 5.91 Å². The van der Waals surface area contributed by atoms with Crippen molar-refractivity contribution in [2.75, 3.05) is 0 Å². The highest BCUT2D eigenvalue weighted by atomic mass is 16.3. The van der Waals surface area contributed by atoms with E-state index in [1.54, 1.807) is 6.07 Å². The molecular formula is C6H7NO2. The van der Waals surface area contributed by atoms with Crippen molar-refractivity contribution in [1.29, 1.82) is 0 Å². The van der Waals surface area contributed by atoms with Gasteiger partial charge in [-0.05, 0) is 18.6 Å². The molecule has 9 heavy (non-hydrogen) atoms. The molecule has 0 spiro atoms. The van der Waals surface area contributed by atoms with Gasteiger partial charge in [-0.3, -0.25) is 4.79 Å². The highest BCUT2D eigenvalue weighted by molar-refractivity contribution is 5.89. The predicted octanol–water partition coefficient (Wildman–Crippen LogP) is 0.687. The van der Waals surface area contributed by atoms with Crippen molar-refractivity contribution in [1.82, 2.24) is 0 Å². The minimum absolute atomic E-state index is 0.215. The molecule has 1 amide bonds. The van der Waals surface area contributed by atoms with E-state index in [0.717, 1.165) is 5.56 Å². The van der Waals surface area contributed by atoms with E-state index < -0.39 is 5.91 Å². The number of primary amides is 1. The van der Waals surface area contributed by atoms with Crippen LogP contribution >= 0.6 is 0 Å². The number of nitrogens with two attached hydrogens (primary N) is 1. The zero-order chi connectivity index (χ0) is 6.85. The first-order chi connectivity index (χ1) is 4.20. The van der Waals surface area contributed by atoms with Gasteiger partial charge in [0.1, 0.15) is 0 Å². The molecule has 2 N–H and O–H groups in total. The zero-order valence-corrected chi connectivity index (χ0v) is 5.05. The molecule has 0 saturated heterocycles. The van der Waals surface area contributed by atoms with Gasteiger partial charge >= 0.3 is 0 Å². The van der Waals surface area contributed by atoms with Crippen LogP contribution in [0.2, 0.25) is 0 Å². The molecule has 48 valence electrons. The van der Waals surface area contributed by atoms with Crippen molar-refractivity contribution in [3.8, 4) is 0 Å². The highest BCUT2D eigenvalue weighted by Crippen LogP contribution is 2.03. The topological polar surface area (TPSA) is 56.2 Å². The minimum atomic E-state index is -0.525. The number of carbonyl (C=O) groups excluding carboxylic acids is 1. The van der Waals surface area contributed by atoms with Gasteiger partial charge in [-0.2, -0.15) is 0 Å². The lowest BCUT2D eigenvalue weighted by molar-refractivity contribution is 0.0974. The molecular weight excluding hydrogens is 118 g/mol. The number of furan rings is 1. The van der Waals surface area contributed by atoms with Crippen LogP contribution in [0.15, 0.2) is 16.7 Å². The summed E-state index contributed by atoms with van der Waals surface area (Å²) < 4.78 is 4.75. The van der Waals surface area contributed by atoms with Crippen LogP contribution in [0.1, 0.15) is 16.1 Å². The molecule has 1 rings (SSSR count). The Bertz CT molecular complexity index is 227. The number of aryl methyl sites for hydroxylation is 1. The second kappa shape index (κ2) is 1.93. The average molecular weight is 125 g/mol. The molecule has 3 nitrogen and oxygen atoms in total. The van der Waals surface area contributed by atoms with Crippen molar-refractivity contribution in [2.45, 2.75) is 6.92 Å². The fourth-order valence-electron chi connectivity index (χ4n) is 0.560. The van der Waals surface area contributed by atoms with Crippen LogP contribution in [0, 0.1) is 6.92 Å². The summed E-state index contributed by atoms with van der Waals surface area (Å²) in [7, 11) is 0. The molecule has 0 unspecified atom stereocenters. The highest BCUT2D eigenvalue weighted by Gasteiger charge is 2.02. The molecule has 1 heterocycles. The largest absolute Gasteiger partial charge is 0.459 e. The Morgan fingerprint density at radius 2 is 2.44 bits per heavy atom. The van der Waals surface area contributed by atoms with Crippen molar-refractivity contribution in [3.05, 3.63) is 23.7 Å². The molecule has 0 atom stereocenters. The monoisotopic (exact) mass is 125 g/mol. The van der Waals surface area contributed by atoms with E-state index in [-0.39, 0.29) is 5.76 Å². The maximum atomic E-state index is 10.3. The smallest absolute Gasteiger partial charge is 0.284 e. The number of rotatable bonds is 1. The first-order valence-corrected chi connectivity index (χ1v) is 2.55. The molecule has 0 aliphatic carbocycles. The summed E-state index contributed by atoms with van der Waals surface area (Å²) in [4.78, 5) is 10.3. The minimum Gasteiger partial charge on any atom is -0.459 e. The first kappa shape index (κ1) is 5.88. The van der Waals surface area contributed by atoms with E-state index in [2.05, 4.69) is 0 Å². The Balaban J connectivity index is 2.98.